The van der Waals surface area contributed by atoms with Gasteiger partial charge in [-0.2, -0.15) is 5.26 Å². The molecule has 0 aromatic heterocycles. The molecule has 1 atom stereocenters. The van der Waals surface area contributed by atoms with Gasteiger partial charge in [-0.3, -0.25) is 4.79 Å². The Kier molecular flexibility index (Phi) is 3.94. The summed E-state index contributed by atoms with van der Waals surface area (Å²) in [4.78, 5) is 13.0. The summed E-state index contributed by atoms with van der Waals surface area (Å²) in [6.07, 6.45) is 0.386. The molecule has 1 aromatic rings. The normalized spacial score (nSPS) is 11.6. The molecule has 0 spiro atoms. The van der Waals surface area contributed by atoms with E-state index in [0.717, 1.165) is 0 Å². The first-order chi connectivity index (χ1) is 7.97. The highest BCUT2D eigenvalue weighted by Gasteiger charge is 2.14. The predicted molar refractivity (Wildman–Crippen MR) is 67.5 cm³/mol. The number of hydrogen-bond donors (Lipinski definition) is 2. The second kappa shape index (κ2) is 5.21. The molecule has 1 aromatic carbocycles. The van der Waals surface area contributed by atoms with E-state index < -0.39 is 5.91 Å². The van der Waals surface area contributed by atoms with Crippen LogP contribution in [0.1, 0.15) is 23.7 Å². The van der Waals surface area contributed by atoms with Crippen LogP contribution in [0.2, 0.25) is 0 Å². The lowest BCUT2D eigenvalue weighted by Crippen LogP contribution is -2.29. The molecule has 0 heterocycles. The lowest BCUT2D eigenvalue weighted by molar-refractivity contribution is 0.100. The van der Waals surface area contributed by atoms with Gasteiger partial charge in [-0.05, 0) is 25.1 Å². The van der Waals surface area contributed by atoms with E-state index in [-0.39, 0.29) is 6.04 Å². The van der Waals surface area contributed by atoms with Gasteiger partial charge in [0.15, 0.2) is 0 Å². The van der Waals surface area contributed by atoms with Crippen LogP contribution in [0, 0.1) is 11.3 Å². The summed E-state index contributed by atoms with van der Waals surface area (Å²) >= 11 is 0. The number of benzene rings is 1. The molecule has 1 rings (SSSR count). The number of hydrogen-bond acceptors (Lipinski definition) is 4. The van der Waals surface area contributed by atoms with Gasteiger partial charge in [-0.25, -0.2) is 0 Å². The quantitative estimate of drug-likeness (QED) is 0.760. The van der Waals surface area contributed by atoms with Crippen LogP contribution in [-0.2, 0) is 0 Å². The van der Waals surface area contributed by atoms with Crippen LogP contribution < -0.4 is 16.4 Å². The Morgan fingerprint density at radius 2 is 2.24 bits per heavy atom. The van der Waals surface area contributed by atoms with Crippen molar-refractivity contribution in [3.8, 4) is 6.07 Å². The second-order valence-electron chi connectivity index (χ2n) is 3.96. The molecule has 0 fully saturated rings. The first-order valence-electron chi connectivity index (χ1n) is 5.26. The van der Waals surface area contributed by atoms with Gasteiger partial charge in [0.2, 0.25) is 5.91 Å². The molecule has 17 heavy (non-hydrogen) atoms. The lowest BCUT2D eigenvalue weighted by Gasteiger charge is -2.26. The van der Waals surface area contributed by atoms with Gasteiger partial charge in [0.1, 0.15) is 0 Å². The Morgan fingerprint density at radius 3 is 2.76 bits per heavy atom. The number of carbonyl (C=O) groups excluding carboxylic acids is 1. The molecule has 90 valence electrons. The molecule has 0 radical (unpaired) electrons. The minimum atomic E-state index is -0.493. The topological polar surface area (TPSA) is 96.1 Å². The van der Waals surface area contributed by atoms with Crippen LogP contribution in [0.4, 0.5) is 11.4 Å². The molecule has 0 aliphatic rings. The number of nitrogen functional groups attached to an aromatic ring is 1. The van der Waals surface area contributed by atoms with Gasteiger partial charge < -0.3 is 16.4 Å². The molecule has 0 saturated heterocycles. The first kappa shape index (κ1) is 12.8. The zero-order valence-electron chi connectivity index (χ0n) is 9.97. The van der Waals surface area contributed by atoms with Gasteiger partial charge in [0.05, 0.1) is 23.9 Å². The molecular weight excluding hydrogens is 216 g/mol. The maximum absolute atomic E-state index is 11.1. The Labute approximate surface area is 101 Å². The monoisotopic (exact) mass is 232 g/mol. The van der Waals surface area contributed by atoms with Crippen molar-refractivity contribution >= 4 is 17.3 Å². The maximum atomic E-state index is 11.1. The fourth-order valence-corrected chi connectivity index (χ4v) is 1.51. The largest absolute Gasteiger partial charge is 0.397 e. The van der Waals surface area contributed by atoms with E-state index in [1.165, 1.54) is 0 Å². The summed E-state index contributed by atoms with van der Waals surface area (Å²) in [7, 11) is 1.83. The van der Waals surface area contributed by atoms with Gasteiger partial charge in [0.25, 0.3) is 0 Å². The first-order valence-corrected chi connectivity index (χ1v) is 5.26. The van der Waals surface area contributed by atoms with Crippen LogP contribution >= 0.6 is 0 Å². The van der Waals surface area contributed by atoms with E-state index >= 15 is 0 Å². The number of carbonyl (C=O) groups is 1. The zero-order chi connectivity index (χ0) is 13.0. The third-order valence-corrected chi connectivity index (χ3v) is 2.74. The Balaban J connectivity index is 3.08. The summed E-state index contributed by atoms with van der Waals surface area (Å²) in [6, 6.07) is 7.00. The highest BCUT2D eigenvalue weighted by Crippen LogP contribution is 2.25. The van der Waals surface area contributed by atoms with Crippen LogP contribution in [0.15, 0.2) is 18.2 Å². The number of nitrogens with two attached hydrogens (primary N) is 2. The molecular formula is C12H16N4O. The average Bonchev–Trinajstić information content (AvgIpc) is 2.28. The third kappa shape index (κ3) is 2.88. The van der Waals surface area contributed by atoms with E-state index in [0.29, 0.717) is 23.4 Å². The Bertz CT molecular complexity index is 464. The van der Waals surface area contributed by atoms with Crippen molar-refractivity contribution in [1.82, 2.24) is 0 Å². The Hall–Kier alpha value is -2.22. The van der Waals surface area contributed by atoms with Gasteiger partial charge in [-0.15, -0.1) is 0 Å². The third-order valence-electron chi connectivity index (χ3n) is 2.74. The number of nitriles is 1. The number of amides is 1. The van der Waals surface area contributed by atoms with Crippen LogP contribution in [0.5, 0.6) is 0 Å². The SMILES string of the molecule is CC(CC#N)N(C)c1cc(C(N)=O)ccc1N. The van der Waals surface area contributed by atoms with E-state index in [2.05, 4.69) is 6.07 Å². The van der Waals surface area contributed by atoms with Crippen molar-refractivity contribution in [3.63, 3.8) is 0 Å². The van der Waals surface area contributed by atoms with Crippen molar-refractivity contribution in [1.29, 1.82) is 5.26 Å². The highest BCUT2D eigenvalue weighted by atomic mass is 16.1. The predicted octanol–water partition coefficient (Wildman–Crippen LogP) is 1.11. The lowest BCUT2D eigenvalue weighted by atomic mass is 10.1. The highest BCUT2D eigenvalue weighted by molar-refractivity contribution is 5.95. The van der Waals surface area contributed by atoms with Gasteiger partial charge in [0, 0.05) is 18.7 Å². The molecule has 0 saturated carbocycles. The minimum Gasteiger partial charge on any atom is -0.397 e. The fraction of sp³-hybridized carbons (Fsp3) is 0.333. The van der Waals surface area contributed by atoms with Crippen LogP contribution in [-0.4, -0.2) is 19.0 Å². The van der Waals surface area contributed by atoms with E-state index in [1.54, 1.807) is 18.2 Å². The van der Waals surface area contributed by atoms with Crippen LogP contribution in [0.25, 0.3) is 0 Å². The number of primary amides is 1. The van der Waals surface area contributed by atoms with E-state index in [4.69, 9.17) is 16.7 Å². The molecule has 5 heteroatoms. The van der Waals surface area contributed by atoms with Crippen molar-refractivity contribution < 1.29 is 4.79 Å². The van der Waals surface area contributed by atoms with Gasteiger partial charge in [-0.1, -0.05) is 0 Å². The standard InChI is InChI=1S/C12H16N4O/c1-8(5-6-13)16(2)11-7-9(12(15)17)3-4-10(11)14/h3-4,7-8H,5,14H2,1-2H3,(H2,15,17). The average molecular weight is 232 g/mol. The van der Waals surface area contributed by atoms with E-state index in [9.17, 15) is 4.79 Å². The van der Waals surface area contributed by atoms with Gasteiger partial charge >= 0.3 is 0 Å². The molecule has 4 N–H and O–H groups in total. The van der Waals surface area contributed by atoms with Crippen molar-refractivity contribution in [2.24, 2.45) is 5.73 Å². The smallest absolute Gasteiger partial charge is 0.248 e. The summed E-state index contributed by atoms with van der Waals surface area (Å²) in [5.74, 6) is -0.493. The molecule has 1 amide bonds. The molecule has 0 aliphatic heterocycles. The second-order valence-corrected chi connectivity index (χ2v) is 3.96. The van der Waals surface area contributed by atoms with Crippen molar-refractivity contribution in [2.45, 2.75) is 19.4 Å². The minimum absolute atomic E-state index is 0.0189. The summed E-state index contributed by atoms with van der Waals surface area (Å²) in [5.41, 5.74) is 12.7. The number of nitrogens with zero attached hydrogens (tertiary/aromatic N) is 2. The molecule has 1 unspecified atom stereocenters. The van der Waals surface area contributed by atoms with Crippen molar-refractivity contribution in [2.75, 3.05) is 17.7 Å². The fourth-order valence-electron chi connectivity index (χ4n) is 1.51. The molecule has 5 nitrogen and oxygen atoms in total. The Morgan fingerprint density at radius 1 is 1.59 bits per heavy atom. The van der Waals surface area contributed by atoms with Crippen LogP contribution in [0.3, 0.4) is 0 Å². The maximum Gasteiger partial charge on any atom is 0.248 e. The van der Waals surface area contributed by atoms with Crippen molar-refractivity contribution in [3.05, 3.63) is 23.8 Å². The summed E-state index contributed by atoms with van der Waals surface area (Å²) in [6.45, 7) is 1.92. The summed E-state index contributed by atoms with van der Waals surface area (Å²) < 4.78 is 0. The number of anilines is 2. The molecule has 0 aliphatic carbocycles. The number of rotatable bonds is 4. The zero-order valence-corrected chi connectivity index (χ0v) is 9.97. The molecule has 0 bridgehead atoms. The van der Waals surface area contributed by atoms with E-state index in [1.807, 2.05) is 18.9 Å². The summed E-state index contributed by atoms with van der Waals surface area (Å²) in [5, 5.41) is 8.66.